The van der Waals surface area contributed by atoms with E-state index in [-0.39, 0.29) is 5.41 Å². The van der Waals surface area contributed by atoms with Crippen molar-refractivity contribution in [3.63, 3.8) is 0 Å². The molecule has 210 valence electrons. The first kappa shape index (κ1) is 26.4. The minimum atomic E-state index is 0.123. The van der Waals surface area contributed by atoms with Crippen molar-refractivity contribution >= 4 is 43.1 Å². The quantitative estimate of drug-likeness (QED) is 0.188. The number of rotatable bonds is 3. The van der Waals surface area contributed by atoms with Crippen molar-refractivity contribution in [3.05, 3.63) is 157 Å². The summed E-state index contributed by atoms with van der Waals surface area (Å²) in [7, 11) is 0. The second-order valence-electron chi connectivity index (χ2n) is 13.0. The summed E-state index contributed by atoms with van der Waals surface area (Å²) < 4.78 is 0. The van der Waals surface area contributed by atoms with Crippen LogP contribution >= 0.6 is 0 Å². The van der Waals surface area contributed by atoms with Gasteiger partial charge in [0.25, 0.3) is 0 Å². The lowest BCUT2D eigenvalue weighted by molar-refractivity contribution is 0.590. The number of fused-ring (bicyclic) bond motifs is 6. The van der Waals surface area contributed by atoms with E-state index in [0.717, 1.165) is 0 Å². The summed E-state index contributed by atoms with van der Waals surface area (Å²) in [5, 5.41) is 10.2. The number of hydrogen-bond acceptors (Lipinski definition) is 0. The summed E-state index contributed by atoms with van der Waals surface area (Å²) in [5.41, 5.74) is 9.03. The largest absolute Gasteiger partial charge is 0.0622 e. The molecule has 0 aliphatic carbocycles. The molecule has 0 aliphatic rings. The zero-order valence-electron chi connectivity index (χ0n) is 25.4. The van der Waals surface area contributed by atoms with E-state index in [9.17, 15) is 0 Å². The van der Waals surface area contributed by atoms with Crippen LogP contribution in [0.2, 0.25) is 0 Å². The van der Waals surface area contributed by atoms with Gasteiger partial charge in [-0.3, -0.25) is 0 Å². The van der Waals surface area contributed by atoms with Crippen LogP contribution < -0.4 is 0 Å². The molecule has 0 saturated heterocycles. The van der Waals surface area contributed by atoms with Gasteiger partial charge >= 0.3 is 0 Å². The average molecular weight is 563 g/mol. The van der Waals surface area contributed by atoms with Crippen molar-refractivity contribution < 1.29 is 0 Å². The number of benzene rings is 8. The summed E-state index contributed by atoms with van der Waals surface area (Å²) in [6.07, 6.45) is 0. The molecule has 0 fully saturated rings. The fourth-order valence-electron chi connectivity index (χ4n) is 6.88. The predicted octanol–water partition coefficient (Wildman–Crippen LogP) is 12.6. The number of hydrogen-bond donors (Lipinski definition) is 0. The SMILES string of the molecule is CC(C)(C)c1ccc(-c2cc3c4ccccc4c(-c4cc5ccccc5cc4-c4ccccc4)cc3c3ccccc23)cc1. The van der Waals surface area contributed by atoms with Gasteiger partial charge in [0.2, 0.25) is 0 Å². The molecule has 0 bridgehead atoms. The van der Waals surface area contributed by atoms with Gasteiger partial charge in [-0.1, -0.05) is 148 Å². The van der Waals surface area contributed by atoms with Crippen LogP contribution in [0, 0.1) is 0 Å². The molecular weight excluding hydrogens is 528 g/mol. The van der Waals surface area contributed by atoms with Crippen LogP contribution in [-0.2, 0) is 5.41 Å². The van der Waals surface area contributed by atoms with Crippen LogP contribution in [0.3, 0.4) is 0 Å². The van der Waals surface area contributed by atoms with Gasteiger partial charge in [0.15, 0.2) is 0 Å². The summed E-state index contributed by atoms with van der Waals surface area (Å²) in [6, 6.07) is 56.2. The Morgan fingerprint density at radius 2 is 0.773 bits per heavy atom. The monoisotopic (exact) mass is 562 g/mol. The molecule has 0 unspecified atom stereocenters. The Balaban J connectivity index is 1.46. The van der Waals surface area contributed by atoms with Crippen molar-refractivity contribution in [2.75, 3.05) is 0 Å². The second-order valence-corrected chi connectivity index (χ2v) is 13.0. The van der Waals surface area contributed by atoms with Gasteiger partial charge in [-0.25, -0.2) is 0 Å². The smallest absolute Gasteiger partial charge is 0.00923 e. The van der Waals surface area contributed by atoms with Crippen LogP contribution in [0.15, 0.2) is 152 Å². The molecule has 0 heterocycles. The minimum Gasteiger partial charge on any atom is -0.0622 e. The molecule has 0 aromatic heterocycles. The Morgan fingerprint density at radius 3 is 1.36 bits per heavy atom. The van der Waals surface area contributed by atoms with E-state index in [1.54, 1.807) is 0 Å². The fourth-order valence-corrected chi connectivity index (χ4v) is 6.88. The first-order valence-corrected chi connectivity index (χ1v) is 15.5. The Labute approximate surface area is 259 Å². The highest BCUT2D eigenvalue weighted by atomic mass is 14.2. The molecule has 0 aliphatic heterocycles. The van der Waals surface area contributed by atoms with Crippen LogP contribution in [0.1, 0.15) is 26.3 Å². The van der Waals surface area contributed by atoms with E-state index in [0.29, 0.717) is 0 Å². The molecule has 0 heteroatoms. The van der Waals surface area contributed by atoms with E-state index in [4.69, 9.17) is 0 Å². The Bertz CT molecular complexity index is 2330. The fraction of sp³-hybridized carbons (Fsp3) is 0.0909. The molecule has 44 heavy (non-hydrogen) atoms. The maximum Gasteiger partial charge on any atom is -0.00923 e. The molecule has 0 radical (unpaired) electrons. The topological polar surface area (TPSA) is 0 Å². The zero-order chi connectivity index (χ0) is 29.8. The van der Waals surface area contributed by atoms with Gasteiger partial charge in [-0.15, -0.1) is 0 Å². The van der Waals surface area contributed by atoms with E-state index in [1.807, 2.05) is 0 Å². The van der Waals surface area contributed by atoms with Crippen molar-refractivity contribution in [1.29, 1.82) is 0 Å². The van der Waals surface area contributed by atoms with Gasteiger partial charge in [0.1, 0.15) is 0 Å². The van der Waals surface area contributed by atoms with E-state index < -0.39 is 0 Å². The predicted molar refractivity (Wildman–Crippen MR) is 191 cm³/mol. The lowest BCUT2D eigenvalue weighted by Crippen LogP contribution is -2.10. The van der Waals surface area contributed by atoms with Crippen molar-refractivity contribution in [2.45, 2.75) is 26.2 Å². The van der Waals surface area contributed by atoms with Crippen molar-refractivity contribution in [3.8, 4) is 33.4 Å². The Hall–Kier alpha value is -5.20. The third-order valence-electron chi connectivity index (χ3n) is 9.21. The average Bonchev–Trinajstić information content (AvgIpc) is 3.07. The maximum atomic E-state index is 2.45. The van der Waals surface area contributed by atoms with Crippen LogP contribution in [0.5, 0.6) is 0 Å². The molecule has 0 N–H and O–H groups in total. The maximum absolute atomic E-state index is 2.45. The first-order valence-electron chi connectivity index (χ1n) is 15.5. The molecule has 8 aromatic carbocycles. The van der Waals surface area contributed by atoms with Crippen LogP contribution in [-0.4, -0.2) is 0 Å². The zero-order valence-corrected chi connectivity index (χ0v) is 25.4. The Morgan fingerprint density at radius 1 is 0.318 bits per heavy atom. The molecular formula is C44H34. The van der Waals surface area contributed by atoms with Crippen molar-refractivity contribution in [2.24, 2.45) is 0 Å². The molecule has 0 atom stereocenters. The van der Waals surface area contributed by atoms with Gasteiger partial charge in [0.05, 0.1) is 0 Å². The molecule has 0 saturated carbocycles. The standard InChI is InChI=1S/C44H34/c1-44(2,3)33-23-21-30(22-24-33)39-27-41-36-19-11-12-20-37(36)42(28-43(41)35-18-10-9-17-34(35)39)40-26-32-16-8-7-15-31(32)25-38(40)29-13-5-4-6-14-29/h4-28H,1-3H3. The lowest BCUT2D eigenvalue weighted by Gasteiger charge is -2.20. The summed E-state index contributed by atoms with van der Waals surface area (Å²) in [4.78, 5) is 0. The molecule has 8 rings (SSSR count). The van der Waals surface area contributed by atoms with E-state index in [2.05, 4.69) is 172 Å². The van der Waals surface area contributed by atoms with E-state index >= 15 is 0 Å². The third kappa shape index (κ3) is 4.38. The first-order chi connectivity index (χ1) is 21.5. The lowest BCUT2D eigenvalue weighted by atomic mass is 9.84. The van der Waals surface area contributed by atoms with Crippen molar-refractivity contribution in [1.82, 2.24) is 0 Å². The van der Waals surface area contributed by atoms with Crippen LogP contribution in [0.4, 0.5) is 0 Å². The van der Waals surface area contributed by atoms with Gasteiger partial charge in [0, 0.05) is 0 Å². The molecule has 0 nitrogen and oxygen atoms in total. The third-order valence-corrected chi connectivity index (χ3v) is 9.21. The van der Waals surface area contributed by atoms with Crippen LogP contribution in [0.25, 0.3) is 76.5 Å². The normalized spacial score (nSPS) is 12.0. The highest BCUT2D eigenvalue weighted by molar-refractivity contribution is 6.24. The summed E-state index contributed by atoms with van der Waals surface area (Å²) >= 11 is 0. The van der Waals surface area contributed by atoms with Gasteiger partial charge in [-0.05, 0) is 112 Å². The second kappa shape index (κ2) is 10.2. The summed E-state index contributed by atoms with van der Waals surface area (Å²) in [6.45, 7) is 6.82. The molecule has 8 aromatic rings. The summed E-state index contributed by atoms with van der Waals surface area (Å²) in [5.74, 6) is 0. The molecule has 0 amide bonds. The minimum absolute atomic E-state index is 0.123. The Kier molecular flexibility index (Phi) is 6.13. The van der Waals surface area contributed by atoms with Gasteiger partial charge < -0.3 is 0 Å². The van der Waals surface area contributed by atoms with Gasteiger partial charge in [-0.2, -0.15) is 0 Å². The highest BCUT2D eigenvalue weighted by Crippen LogP contribution is 2.45. The highest BCUT2D eigenvalue weighted by Gasteiger charge is 2.18. The molecule has 0 spiro atoms. The van der Waals surface area contributed by atoms with E-state index in [1.165, 1.54) is 82.0 Å².